The molecule has 0 unspecified atom stereocenters. The van der Waals surface area contributed by atoms with Gasteiger partial charge < -0.3 is 9.67 Å². The molecule has 0 atom stereocenters. The summed E-state index contributed by atoms with van der Waals surface area (Å²) in [4.78, 5) is 8.58. The van der Waals surface area contributed by atoms with E-state index in [1.807, 2.05) is 42.1 Å². The zero-order chi connectivity index (χ0) is 15.1. The lowest BCUT2D eigenvalue weighted by Crippen LogP contribution is -2.22. The molecule has 108 valence electrons. The van der Waals surface area contributed by atoms with Crippen molar-refractivity contribution in [2.24, 2.45) is 24.1 Å². The average Bonchev–Trinajstić information content (AvgIpc) is 2.94. The lowest BCUT2D eigenvalue weighted by atomic mass is 10.1. The number of allylic oxidation sites excluding steroid dienone is 1. The molecule has 1 aliphatic heterocycles. The van der Waals surface area contributed by atoms with Gasteiger partial charge in [0.25, 0.3) is 0 Å². The van der Waals surface area contributed by atoms with Gasteiger partial charge in [-0.05, 0) is 18.2 Å². The number of nitrogens with zero attached hydrogens (tertiary/aromatic N) is 4. The molecule has 5 nitrogen and oxygen atoms in total. The fraction of sp³-hybridized carbons (Fsp3) is 0.200. The molecule has 0 aliphatic carbocycles. The third-order valence-corrected chi connectivity index (χ3v) is 4.11. The van der Waals surface area contributed by atoms with Crippen LogP contribution in [0.3, 0.4) is 0 Å². The Labute approximate surface area is 130 Å². The van der Waals surface area contributed by atoms with Gasteiger partial charge in [0, 0.05) is 43.0 Å². The summed E-state index contributed by atoms with van der Waals surface area (Å²) in [7, 11) is 5.37. The van der Waals surface area contributed by atoms with E-state index >= 15 is 0 Å². The Hall–Kier alpha value is -2.08. The lowest BCUT2D eigenvalue weighted by molar-refractivity contribution is 0.427. The first-order chi connectivity index (χ1) is 10.0. The Morgan fingerprint density at radius 1 is 1.29 bits per heavy atom. The Morgan fingerprint density at radius 3 is 2.71 bits per heavy atom. The van der Waals surface area contributed by atoms with Crippen molar-refractivity contribution >= 4 is 39.5 Å². The number of hydrogen-bond donors (Lipinski definition) is 1. The van der Waals surface area contributed by atoms with Crippen molar-refractivity contribution < 1.29 is 5.11 Å². The monoisotopic (exact) mass is 346 g/mol. The quantitative estimate of drug-likeness (QED) is 0.847. The summed E-state index contributed by atoms with van der Waals surface area (Å²) in [6, 6.07) is 5.98. The summed E-state index contributed by atoms with van der Waals surface area (Å²) >= 11 is 3.44. The van der Waals surface area contributed by atoms with E-state index in [1.165, 1.54) is 0 Å². The van der Waals surface area contributed by atoms with Crippen LogP contribution in [0.4, 0.5) is 5.69 Å². The first-order valence-electron chi connectivity index (χ1n) is 6.46. The predicted molar refractivity (Wildman–Crippen MR) is 87.7 cm³/mol. The lowest BCUT2D eigenvalue weighted by Gasteiger charge is -2.01. The molecule has 0 radical (unpaired) electrons. The molecule has 2 heterocycles. The highest BCUT2D eigenvalue weighted by atomic mass is 79.9. The van der Waals surface area contributed by atoms with Gasteiger partial charge in [0.05, 0.1) is 5.69 Å². The molecule has 3 rings (SSSR count). The van der Waals surface area contributed by atoms with Gasteiger partial charge >= 0.3 is 0 Å². The van der Waals surface area contributed by atoms with Crippen LogP contribution in [0.5, 0.6) is 5.88 Å². The number of halogens is 1. The van der Waals surface area contributed by atoms with Crippen molar-refractivity contribution in [3.05, 3.63) is 39.5 Å². The normalized spacial score (nSPS) is 16.0. The Balaban J connectivity index is 2.17. The van der Waals surface area contributed by atoms with Gasteiger partial charge in [0.1, 0.15) is 5.69 Å². The SMILES string of the molecule is CN=c1n(C)c(O)c(/C=C2\C=Nc3cc(Br)ccc32)n1C. The summed E-state index contributed by atoms with van der Waals surface area (Å²) in [5.41, 5.74) is 4.35. The number of fused-ring (bicyclic) bond motifs is 1. The van der Waals surface area contributed by atoms with Crippen molar-refractivity contribution in [2.45, 2.75) is 0 Å². The second kappa shape index (κ2) is 5.04. The zero-order valence-electron chi connectivity index (χ0n) is 12.0. The van der Waals surface area contributed by atoms with E-state index < -0.39 is 0 Å². The fourth-order valence-corrected chi connectivity index (χ4v) is 2.89. The first kappa shape index (κ1) is 13.9. The van der Waals surface area contributed by atoms with E-state index in [0.29, 0.717) is 11.3 Å². The molecule has 0 spiro atoms. The summed E-state index contributed by atoms with van der Waals surface area (Å²) in [5.74, 6) is 0.185. The summed E-state index contributed by atoms with van der Waals surface area (Å²) in [5, 5.41) is 10.3. The van der Waals surface area contributed by atoms with Crippen molar-refractivity contribution in [1.29, 1.82) is 0 Å². The Bertz CT molecular complexity index is 855. The van der Waals surface area contributed by atoms with E-state index in [1.54, 1.807) is 18.7 Å². The standard InChI is InChI=1S/C15H15BrN4O/c1-17-15-19(2)13(14(21)20(15)3)6-9-8-18-12-7-10(16)4-5-11(9)12/h4-8,21H,1-3H3/b9-6+,17-15?. The summed E-state index contributed by atoms with van der Waals surface area (Å²) < 4.78 is 4.51. The van der Waals surface area contributed by atoms with Crippen LogP contribution in [-0.4, -0.2) is 27.5 Å². The number of benzene rings is 1. The number of imidazole rings is 1. The van der Waals surface area contributed by atoms with Gasteiger partial charge in [-0.1, -0.05) is 22.0 Å². The highest BCUT2D eigenvalue weighted by Gasteiger charge is 2.16. The number of aromatic hydroxyl groups is 1. The van der Waals surface area contributed by atoms with Crippen molar-refractivity contribution in [3.8, 4) is 5.88 Å². The third-order valence-electron chi connectivity index (χ3n) is 3.61. The molecule has 0 saturated heterocycles. The molecule has 1 aromatic carbocycles. The third kappa shape index (κ3) is 2.15. The van der Waals surface area contributed by atoms with Crippen LogP contribution < -0.4 is 5.62 Å². The first-order valence-corrected chi connectivity index (χ1v) is 7.25. The zero-order valence-corrected chi connectivity index (χ0v) is 13.6. The molecular formula is C15H15BrN4O. The van der Waals surface area contributed by atoms with E-state index in [9.17, 15) is 5.11 Å². The minimum Gasteiger partial charge on any atom is -0.493 e. The number of hydrogen-bond acceptors (Lipinski definition) is 3. The van der Waals surface area contributed by atoms with Gasteiger partial charge in [0.2, 0.25) is 11.5 Å². The van der Waals surface area contributed by atoms with Crippen LogP contribution >= 0.6 is 15.9 Å². The maximum Gasteiger partial charge on any atom is 0.218 e. The molecular weight excluding hydrogens is 332 g/mol. The summed E-state index contributed by atoms with van der Waals surface area (Å²) in [6.07, 6.45) is 3.74. The second-order valence-corrected chi connectivity index (χ2v) is 5.79. The predicted octanol–water partition coefficient (Wildman–Crippen LogP) is 2.62. The van der Waals surface area contributed by atoms with Crippen LogP contribution in [0, 0.1) is 0 Å². The largest absolute Gasteiger partial charge is 0.493 e. The highest BCUT2D eigenvalue weighted by Crippen LogP contribution is 2.35. The molecule has 0 bridgehead atoms. The molecule has 6 heteroatoms. The minimum atomic E-state index is 0.185. The van der Waals surface area contributed by atoms with Gasteiger partial charge in [-0.3, -0.25) is 14.6 Å². The van der Waals surface area contributed by atoms with Crippen LogP contribution in [0.15, 0.2) is 32.7 Å². The smallest absolute Gasteiger partial charge is 0.218 e. The Kier molecular flexibility index (Phi) is 3.33. The molecule has 1 aromatic heterocycles. The fourth-order valence-electron chi connectivity index (χ4n) is 2.54. The maximum absolute atomic E-state index is 10.3. The van der Waals surface area contributed by atoms with Crippen LogP contribution in [0.25, 0.3) is 11.6 Å². The summed E-state index contributed by atoms with van der Waals surface area (Å²) in [6.45, 7) is 0. The van der Waals surface area contributed by atoms with Crippen LogP contribution in [0.2, 0.25) is 0 Å². The van der Waals surface area contributed by atoms with E-state index in [4.69, 9.17) is 0 Å². The number of rotatable bonds is 1. The second-order valence-electron chi connectivity index (χ2n) is 4.87. The number of aromatic nitrogens is 2. The van der Waals surface area contributed by atoms with Gasteiger partial charge in [-0.25, -0.2) is 0 Å². The molecule has 0 amide bonds. The molecule has 21 heavy (non-hydrogen) atoms. The molecule has 1 N–H and O–H groups in total. The highest BCUT2D eigenvalue weighted by molar-refractivity contribution is 9.10. The maximum atomic E-state index is 10.3. The van der Waals surface area contributed by atoms with Gasteiger partial charge in [-0.15, -0.1) is 0 Å². The van der Waals surface area contributed by atoms with Crippen molar-refractivity contribution in [1.82, 2.24) is 9.13 Å². The van der Waals surface area contributed by atoms with Gasteiger partial charge in [-0.2, -0.15) is 0 Å². The van der Waals surface area contributed by atoms with E-state index in [2.05, 4.69) is 25.9 Å². The van der Waals surface area contributed by atoms with E-state index in [-0.39, 0.29) is 5.88 Å². The van der Waals surface area contributed by atoms with E-state index in [0.717, 1.165) is 21.3 Å². The molecule has 1 aliphatic rings. The average molecular weight is 347 g/mol. The van der Waals surface area contributed by atoms with Crippen molar-refractivity contribution in [3.63, 3.8) is 0 Å². The molecule has 0 saturated carbocycles. The molecule has 0 fully saturated rings. The topological polar surface area (TPSA) is 54.8 Å². The van der Waals surface area contributed by atoms with Crippen molar-refractivity contribution in [2.75, 3.05) is 7.05 Å². The van der Waals surface area contributed by atoms with Crippen LogP contribution in [0.1, 0.15) is 11.3 Å². The van der Waals surface area contributed by atoms with Crippen LogP contribution in [-0.2, 0) is 14.1 Å². The Morgan fingerprint density at radius 2 is 2.05 bits per heavy atom. The van der Waals surface area contributed by atoms with Gasteiger partial charge in [0.15, 0.2) is 0 Å². The minimum absolute atomic E-state index is 0.185. The molecule has 2 aromatic rings. The number of aliphatic imine (C=N–C) groups is 1.